The molecule has 0 radical (unpaired) electrons. The number of nitro benzene ring substituents is 2. The monoisotopic (exact) mass is 303 g/mol. The third-order valence-corrected chi connectivity index (χ3v) is 3.12. The van der Waals surface area contributed by atoms with E-state index in [0.29, 0.717) is 12.8 Å². The van der Waals surface area contributed by atoms with Gasteiger partial charge in [0, 0.05) is 23.8 Å². The van der Waals surface area contributed by atoms with Crippen LogP contribution in [0.25, 0.3) is 5.69 Å². The lowest BCUT2D eigenvalue weighted by molar-refractivity contribution is -0.601. The van der Waals surface area contributed by atoms with Crippen LogP contribution in [0.3, 0.4) is 0 Å². The molecule has 1 aromatic carbocycles. The number of nitro groups is 2. The molecule has 22 heavy (non-hydrogen) atoms. The summed E-state index contributed by atoms with van der Waals surface area (Å²) in [4.78, 5) is 20.6. The van der Waals surface area contributed by atoms with Crippen LogP contribution in [0.15, 0.2) is 42.7 Å². The lowest BCUT2D eigenvalue weighted by atomic mass is 10.1. The van der Waals surface area contributed by atoms with Crippen LogP contribution in [0.5, 0.6) is 0 Å². The fourth-order valence-corrected chi connectivity index (χ4v) is 2.09. The zero-order valence-corrected chi connectivity index (χ0v) is 11.5. The lowest BCUT2D eigenvalue weighted by Gasteiger charge is -2.03. The molecule has 0 unspecified atom stereocenters. The third-order valence-electron chi connectivity index (χ3n) is 3.12. The second kappa shape index (κ2) is 6.72. The van der Waals surface area contributed by atoms with Gasteiger partial charge in [-0.25, -0.2) is 0 Å². The average Bonchev–Trinajstić information content (AvgIpc) is 2.52. The van der Waals surface area contributed by atoms with Gasteiger partial charge in [-0.2, -0.15) is 4.57 Å². The number of hydrogen-bond acceptors (Lipinski definition) is 5. The highest BCUT2D eigenvalue weighted by Crippen LogP contribution is 2.24. The Morgan fingerprint density at radius 2 is 1.86 bits per heavy atom. The van der Waals surface area contributed by atoms with Crippen LogP contribution in [-0.4, -0.2) is 16.5 Å². The summed E-state index contributed by atoms with van der Waals surface area (Å²) in [5.74, 6) is 0. The topological polar surface area (TPSA) is 113 Å². The van der Waals surface area contributed by atoms with Gasteiger partial charge in [0.25, 0.3) is 11.4 Å². The number of aromatic nitrogens is 1. The maximum Gasteiger partial charge on any atom is 0.347 e. The minimum absolute atomic E-state index is 0.188. The Morgan fingerprint density at radius 1 is 1.09 bits per heavy atom. The second-order valence-electron chi connectivity index (χ2n) is 4.61. The number of aryl methyl sites for hydroxylation is 1. The Balaban J connectivity index is 2.47. The minimum Gasteiger partial charge on any atom is -0.854 e. The predicted molar refractivity (Wildman–Crippen MR) is 74.5 cm³/mol. The number of pyridine rings is 1. The summed E-state index contributed by atoms with van der Waals surface area (Å²) >= 11 is 0. The van der Waals surface area contributed by atoms with Gasteiger partial charge in [0.1, 0.15) is 6.07 Å². The van der Waals surface area contributed by atoms with E-state index in [9.17, 15) is 25.3 Å². The van der Waals surface area contributed by atoms with Crippen LogP contribution < -0.4 is 9.67 Å². The van der Waals surface area contributed by atoms with Crippen molar-refractivity contribution in [2.45, 2.75) is 12.8 Å². The molecule has 0 N–H and O–H groups in total. The number of nitrogens with zero attached hydrogens (tertiary/aromatic N) is 3. The van der Waals surface area contributed by atoms with Crippen LogP contribution in [0.4, 0.5) is 11.4 Å². The zero-order valence-electron chi connectivity index (χ0n) is 11.5. The van der Waals surface area contributed by atoms with Gasteiger partial charge in [-0.05, 0) is 12.5 Å². The molecular weight excluding hydrogens is 290 g/mol. The predicted octanol–water partition coefficient (Wildman–Crippen LogP) is 1.07. The molecule has 0 aliphatic carbocycles. The molecule has 8 heteroatoms. The first-order chi connectivity index (χ1) is 10.5. The molecule has 0 amide bonds. The van der Waals surface area contributed by atoms with Gasteiger partial charge in [0.2, 0.25) is 0 Å². The van der Waals surface area contributed by atoms with Crippen molar-refractivity contribution in [3.63, 3.8) is 0 Å². The second-order valence-corrected chi connectivity index (χ2v) is 4.61. The van der Waals surface area contributed by atoms with Crippen molar-refractivity contribution >= 4 is 11.4 Å². The molecule has 0 bridgehead atoms. The fraction of sp³-hybridized carbons (Fsp3) is 0.214. The molecule has 0 saturated carbocycles. The fourth-order valence-electron chi connectivity index (χ4n) is 2.09. The van der Waals surface area contributed by atoms with E-state index in [1.54, 1.807) is 18.5 Å². The molecule has 114 valence electrons. The molecule has 0 fully saturated rings. The molecule has 8 nitrogen and oxygen atoms in total. The minimum atomic E-state index is -0.674. The zero-order chi connectivity index (χ0) is 16.1. The average molecular weight is 303 g/mol. The maximum atomic E-state index is 11.2. The van der Waals surface area contributed by atoms with Crippen molar-refractivity contribution in [2.24, 2.45) is 0 Å². The van der Waals surface area contributed by atoms with Crippen LogP contribution >= 0.6 is 0 Å². The van der Waals surface area contributed by atoms with Crippen molar-refractivity contribution in [2.75, 3.05) is 6.61 Å². The summed E-state index contributed by atoms with van der Waals surface area (Å²) in [6.07, 6.45) is 4.36. The van der Waals surface area contributed by atoms with Gasteiger partial charge in [0.05, 0.1) is 9.85 Å². The standard InChI is InChI=1S/C14H13N3O5/c18-8-2-4-11-3-1-7-15(10-11)13-6-5-12(16(19)20)9-14(13)17(21)22/h1,3,5-7,9-10H,2,4,8H2. The third kappa shape index (κ3) is 3.41. The molecular formula is C14H13N3O5. The highest BCUT2D eigenvalue weighted by Gasteiger charge is 2.26. The highest BCUT2D eigenvalue weighted by molar-refractivity contribution is 5.53. The summed E-state index contributed by atoms with van der Waals surface area (Å²) in [5.41, 5.74) is 0.421. The van der Waals surface area contributed by atoms with Crippen molar-refractivity contribution in [3.8, 4) is 5.69 Å². The van der Waals surface area contributed by atoms with E-state index in [-0.39, 0.29) is 23.7 Å². The molecule has 0 aliphatic heterocycles. The maximum absolute atomic E-state index is 11.2. The van der Waals surface area contributed by atoms with E-state index in [4.69, 9.17) is 0 Å². The molecule has 1 heterocycles. The summed E-state index contributed by atoms with van der Waals surface area (Å²) in [5, 5.41) is 32.4. The first-order valence-corrected chi connectivity index (χ1v) is 6.54. The Hall–Kier alpha value is -2.87. The molecule has 0 atom stereocenters. The Kier molecular flexibility index (Phi) is 4.74. The van der Waals surface area contributed by atoms with E-state index in [0.717, 1.165) is 11.6 Å². The lowest BCUT2D eigenvalue weighted by Crippen LogP contribution is -2.31. The molecule has 2 aromatic rings. The van der Waals surface area contributed by atoms with Crippen LogP contribution in [-0.2, 0) is 6.42 Å². The normalized spacial score (nSPS) is 10.4. The van der Waals surface area contributed by atoms with Crippen LogP contribution in [0.1, 0.15) is 12.0 Å². The largest absolute Gasteiger partial charge is 0.854 e. The smallest absolute Gasteiger partial charge is 0.347 e. The number of hydrogen-bond donors (Lipinski definition) is 0. The quantitative estimate of drug-likeness (QED) is 0.450. The van der Waals surface area contributed by atoms with Crippen LogP contribution in [0.2, 0.25) is 0 Å². The Labute approximate surface area is 125 Å². The molecule has 1 aromatic heterocycles. The van der Waals surface area contributed by atoms with Gasteiger partial charge in [-0.15, -0.1) is 6.61 Å². The van der Waals surface area contributed by atoms with E-state index < -0.39 is 9.85 Å². The summed E-state index contributed by atoms with van der Waals surface area (Å²) in [7, 11) is 0. The molecule has 0 spiro atoms. The van der Waals surface area contributed by atoms with E-state index in [1.807, 2.05) is 6.07 Å². The van der Waals surface area contributed by atoms with E-state index >= 15 is 0 Å². The van der Waals surface area contributed by atoms with Crippen LogP contribution in [0, 0.1) is 20.2 Å². The first kappa shape index (κ1) is 15.5. The highest BCUT2D eigenvalue weighted by atomic mass is 16.6. The molecule has 0 saturated heterocycles. The molecule has 2 rings (SSSR count). The van der Waals surface area contributed by atoms with E-state index in [2.05, 4.69) is 0 Å². The van der Waals surface area contributed by atoms with Gasteiger partial charge >= 0.3 is 5.69 Å². The van der Waals surface area contributed by atoms with Crippen molar-refractivity contribution in [3.05, 3.63) is 68.5 Å². The van der Waals surface area contributed by atoms with Crippen molar-refractivity contribution in [1.82, 2.24) is 0 Å². The Morgan fingerprint density at radius 3 is 2.50 bits per heavy atom. The van der Waals surface area contributed by atoms with Gasteiger partial charge in [0.15, 0.2) is 12.4 Å². The van der Waals surface area contributed by atoms with Crippen molar-refractivity contribution < 1.29 is 19.5 Å². The van der Waals surface area contributed by atoms with Gasteiger partial charge in [-0.1, -0.05) is 6.42 Å². The van der Waals surface area contributed by atoms with Gasteiger partial charge in [-0.3, -0.25) is 20.2 Å². The SMILES string of the molecule is O=[N+]([O-])c1ccc(-[n+]2cccc(CCC[O-])c2)c([N+](=O)[O-])c1. The number of non-ortho nitro benzene ring substituents is 1. The Bertz CT molecular complexity index is 717. The summed E-state index contributed by atoms with van der Waals surface area (Å²) in [6.45, 7) is -0.188. The van der Waals surface area contributed by atoms with Crippen molar-refractivity contribution in [1.29, 1.82) is 0 Å². The summed E-state index contributed by atoms with van der Waals surface area (Å²) < 4.78 is 1.53. The number of benzene rings is 1. The first-order valence-electron chi connectivity index (χ1n) is 6.54. The molecule has 0 aliphatic rings. The van der Waals surface area contributed by atoms with E-state index in [1.165, 1.54) is 16.7 Å². The summed E-state index contributed by atoms with van der Waals surface area (Å²) in [6, 6.07) is 7.04. The van der Waals surface area contributed by atoms with Gasteiger partial charge < -0.3 is 5.11 Å². The number of rotatable bonds is 6.